The molecule has 1 nitrogen and oxygen atoms in total. The Morgan fingerprint density at radius 1 is 1.19 bits per heavy atom. The van der Waals surface area contributed by atoms with E-state index in [2.05, 4.69) is 32.9 Å². The van der Waals surface area contributed by atoms with Gasteiger partial charge < -0.3 is 5.73 Å². The molecule has 1 aromatic rings. The number of rotatable bonds is 4. The maximum absolute atomic E-state index is 6.06. The predicted molar refractivity (Wildman–Crippen MR) is 72.1 cm³/mol. The van der Waals surface area contributed by atoms with Crippen LogP contribution in [0.4, 0.5) is 0 Å². The summed E-state index contributed by atoms with van der Waals surface area (Å²) in [5.41, 5.74) is 8.47. The smallest absolute Gasteiger partial charge is 0.0408 e. The van der Waals surface area contributed by atoms with Crippen LogP contribution in [0.5, 0.6) is 0 Å². The van der Waals surface area contributed by atoms with Gasteiger partial charge in [0.05, 0.1) is 0 Å². The molecule has 0 aliphatic heterocycles. The summed E-state index contributed by atoms with van der Waals surface area (Å²) < 4.78 is 0. The molecule has 0 aliphatic rings. The van der Waals surface area contributed by atoms with E-state index in [1.807, 2.05) is 6.07 Å². The van der Waals surface area contributed by atoms with Gasteiger partial charge in [-0.25, -0.2) is 0 Å². The van der Waals surface area contributed by atoms with E-state index in [1.165, 1.54) is 11.1 Å². The van der Waals surface area contributed by atoms with Crippen molar-refractivity contribution < 1.29 is 0 Å². The third-order valence-electron chi connectivity index (χ3n) is 2.78. The summed E-state index contributed by atoms with van der Waals surface area (Å²) in [5, 5.41) is 0.829. The lowest BCUT2D eigenvalue weighted by atomic mass is 9.82. The highest BCUT2D eigenvalue weighted by molar-refractivity contribution is 6.30. The number of unbranched alkanes of at least 4 members (excludes halogenated alkanes) is 1. The summed E-state index contributed by atoms with van der Waals surface area (Å²) in [5.74, 6) is 0. The van der Waals surface area contributed by atoms with Crippen LogP contribution in [0.2, 0.25) is 5.02 Å². The zero-order valence-corrected chi connectivity index (χ0v) is 11.3. The van der Waals surface area contributed by atoms with Gasteiger partial charge in [-0.1, -0.05) is 38.4 Å². The van der Waals surface area contributed by atoms with Gasteiger partial charge in [-0.3, -0.25) is 0 Å². The molecule has 0 aromatic heterocycles. The molecule has 0 unspecified atom stereocenters. The normalized spacial score (nSPS) is 11.8. The van der Waals surface area contributed by atoms with Gasteiger partial charge in [0.25, 0.3) is 0 Å². The number of hydrogen-bond acceptors (Lipinski definition) is 1. The molecule has 0 aliphatic carbocycles. The molecule has 0 fully saturated rings. The first kappa shape index (κ1) is 13.5. The Balaban J connectivity index is 2.90. The van der Waals surface area contributed by atoms with Crippen molar-refractivity contribution in [1.29, 1.82) is 0 Å². The molecule has 0 saturated heterocycles. The van der Waals surface area contributed by atoms with Crippen molar-refractivity contribution in [2.24, 2.45) is 5.73 Å². The van der Waals surface area contributed by atoms with Crippen LogP contribution in [-0.4, -0.2) is 6.54 Å². The maximum Gasteiger partial charge on any atom is 0.0408 e. The molecule has 90 valence electrons. The van der Waals surface area contributed by atoms with Crippen molar-refractivity contribution in [1.82, 2.24) is 0 Å². The van der Waals surface area contributed by atoms with Gasteiger partial charge in [-0.2, -0.15) is 0 Å². The topological polar surface area (TPSA) is 26.0 Å². The maximum atomic E-state index is 6.06. The Labute approximate surface area is 104 Å². The summed E-state index contributed by atoms with van der Waals surface area (Å²) >= 11 is 6.06. The Morgan fingerprint density at radius 2 is 1.88 bits per heavy atom. The molecule has 2 N–H and O–H groups in total. The molecule has 0 amide bonds. The van der Waals surface area contributed by atoms with E-state index >= 15 is 0 Å². The van der Waals surface area contributed by atoms with Crippen LogP contribution < -0.4 is 5.73 Å². The van der Waals surface area contributed by atoms with Gasteiger partial charge in [0.2, 0.25) is 0 Å². The predicted octanol–water partition coefficient (Wildman–Crippen LogP) is 3.92. The van der Waals surface area contributed by atoms with Crippen molar-refractivity contribution >= 4 is 11.6 Å². The minimum atomic E-state index is 0.183. The molecular formula is C14H22ClN. The summed E-state index contributed by atoms with van der Waals surface area (Å²) in [6.07, 6.45) is 3.29. The molecule has 0 heterocycles. The highest BCUT2D eigenvalue weighted by atomic mass is 35.5. The number of nitrogens with two attached hydrogens (primary N) is 1. The lowest BCUT2D eigenvalue weighted by molar-refractivity contribution is 0.579. The molecule has 0 spiro atoms. The van der Waals surface area contributed by atoms with E-state index in [1.54, 1.807) is 0 Å². The third kappa shape index (κ3) is 3.80. The average Bonchev–Trinajstić information content (AvgIpc) is 2.16. The molecule has 1 rings (SSSR count). The Morgan fingerprint density at radius 3 is 2.44 bits per heavy atom. The second-order valence-corrected chi connectivity index (χ2v) is 5.73. The zero-order chi connectivity index (χ0) is 12.2. The minimum absolute atomic E-state index is 0.183. The Kier molecular flexibility index (Phi) is 4.82. The third-order valence-corrected chi connectivity index (χ3v) is 3.01. The largest absolute Gasteiger partial charge is 0.330 e. The number of benzene rings is 1. The summed E-state index contributed by atoms with van der Waals surface area (Å²) in [4.78, 5) is 0. The van der Waals surface area contributed by atoms with Crippen LogP contribution in [-0.2, 0) is 11.8 Å². The summed E-state index contributed by atoms with van der Waals surface area (Å²) in [6, 6.07) is 6.23. The van der Waals surface area contributed by atoms with Crippen molar-refractivity contribution in [2.75, 3.05) is 6.54 Å². The van der Waals surface area contributed by atoms with Gasteiger partial charge in [-0.15, -0.1) is 0 Å². The van der Waals surface area contributed by atoms with Crippen LogP contribution >= 0.6 is 11.6 Å². The van der Waals surface area contributed by atoms with Gasteiger partial charge in [0.15, 0.2) is 0 Å². The quantitative estimate of drug-likeness (QED) is 0.792. The Bertz CT molecular complexity index is 339. The first-order valence-electron chi connectivity index (χ1n) is 5.94. The molecule has 16 heavy (non-hydrogen) atoms. The van der Waals surface area contributed by atoms with Crippen molar-refractivity contribution in [3.05, 3.63) is 34.3 Å². The van der Waals surface area contributed by atoms with Gasteiger partial charge >= 0.3 is 0 Å². The molecule has 1 aromatic carbocycles. The number of aryl methyl sites for hydroxylation is 1. The highest BCUT2D eigenvalue weighted by Gasteiger charge is 2.17. The lowest BCUT2D eigenvalue weighted by Crippen LogP contribution is -2.14. The van der Waals surface area contributed by atoms with E-state index in [4.69, 9.17) is 17.3 Å². The van der Waals surface area contributed by atoms with Gasteiger partial charge in [0.1, 0.15) is 0 Å². The summed E-state index contributed by atoms with van der Waals surface area (Å²) in [6.45, 7) is 7.49. The first-order chi connectivity index (χ1) is 7.45. The molecule has 0 bridgehead atoms. The summed E-state index contributed by atoms with van der Waals surface area (Å²) in [7, 11) is 0. The minimum Gasteiger partial charge on any atom is -0.330 e. The van der Waals surface area contributed by atoms with Crippen LogP contribution in [0.15, 0.2) is 18.2 Å². The molecule has 0 saturated carbocycles. The molecule has 0 atom stereocenters. The van der Waals surface area contributed by atoms with E-state index in [-0.39, 0.29) is 5.41 Å². The lowest BCUT2D eigenvalue weighted by Gasteiger charge is -2.23. The van der Waals surface area contributed by atoms with E-state index in [9.17, 15) is 0 Å². The van der Waals surface area contributed by atoms with Crippen molar-refractivity contribution in [3.8, 4) is 0 Å². The van der Waals surface area contributed by atoms with Gasteiger partial charge in [-0.05, 0) is 54.5 Å². The average molecular weight is 240 g/mol. The molecule has 0 radical (unpaired) electrons. The van der Waals surface area contributed by atoms with Crippen LogP contribution in [0.3, 0.4) is 0 Å². The van der Waals surface area contributed by atoms with Crippen molar-refractivity contribution in [3.63, 3.8) is 0 Å². The molecule has 2 heteroatoms. The number of halogens is 1. The number of hydrogen-bond donors (Lipinski definition) is 1. The van der Waals surface area contributed by atoms with Crippen molar-refractivity contribution in [2.45, 2.75) is 45.4 Å². The fraction of sp³-hybridized carbons (Fsp3) is 0.571. The zero-order valence-electron chi connectivity index (χ0n) is 10.5. The highest BCUT2D eigenvalue weighted by Crippen LogP contribution is 2.29. The second-order valence-electron chi connectivity index (χ2n) is 5.30. The monoisotopic (exact) mass is 239 g/mol. The Hall–Kier alpha value is -0.530. The van der Waals surface area contributed by atoms with Crippen LogP contribution in [0.25, 0.3) is 0 Å². The van der Waals surface area contributed by atoms with Gasteiger partial charge in [0, 0.05) is 5.02 Å². The second kappa shape index (κ2) is 5.70. The standard InChI is InChI=1S/C14H22ClN/c1-14(2,3)13-8-7-12(15)10-11(13)6-4-5-9-16/h7-8,10H,4-6,9,16H2,1-3H3. The fourth-order valence-corrected chi connectivity index (χ4v) is 2.16. The molecular weight excluding hydrogens is 218 g/mol. The van der Waals surface area contributed by atoms with E-state index in [0.717, 1.165) is 30.8 Å². The van der Waals surface area contributed by atoms with E-state index < -0.39 is 0 Å². The van der Waals surface area contributed by atoms with Crippen LogP contribution in [0.1, 0.15) is 44.7 Å². The fourth-order valence-electron chi connectivity index (χ4n) is 1.96. The van der Waals surface area contributed by atoms with E-state index in [0.29, 0.717) is 0 Å². The first-order valence-corrected chi connectivity index (χ1v) is 6.32. The van der Waals surface area contributed by atoms with Crippen LogP contribution in [0, 0.1) is 0 Å². The SMILES string of the molecule is CC(C)(C)c1ccc(Cl)cc1CCCCN.